The third-order valence-electron chi connectivity index (χ3n) is 6.31. The second kappa shape index (κ2) is 9.27. The van der Waals surface area contributed by atoms with Crippen LogP contribution in [0.15, 0.2) is 58.9 Å². The van der Waals surface area contributed by atoms with Gasteiger partial charge in [0.2, 0.25) is 0 Å². The van der Waals surface area contributed by atoms with Crippen LogP contribution in [0.4, 0.5) is 10.8 Å². The molecule has 0 atom stereocenters. The monoisotopic (exact) mass is 498 g/mol. The van der Waals surface area contributed by atoms with E-state index in [1.807, 2.05) is 29.6 Å². The average molecular weight is 499 g/mol. The first-order chi connectivity index (χ1) is 16.5. The number of rotatable bonds is 5. The smallest absolute Gasteiger partial charge is 0.264 e. The molecule has 2 aliphatic rings. The van der Waals surface area contributed by atoms with Gasteiger partial charge in [0.05, 0.1) is 23.3 Å². The standard InChI is InChI=1S/C24H26N4O4S2/c1-32-22-8-7-19(34(30,31)28-13-9-18-5-2-3-6-21(18)28)17-20(22)23(29)26-11-4-12-27(15-14-26)24-25-10-16-33-24/h2-3,5-8,10,16-17H,4,9,11-15H2,1H3. The van der Waals surface area contributed by atoms with E-state index < -0.39 is 10.0 Å². The number of sulfonamides is 1. The number of nitrogens with zero attached hydrogens (tertiary/aromatic N) is 4. The molecule has 178 valence electrons. The highest BCUT2D eigenvalue weighted by Crippen LogP contribution is 2.34. The molecule has 1 amide bonds. The Labute approximate surface area is 203 Å². The zero-order valence-corrected chi connectivity index (χ0v) is 20.5. The SMILES string of the molecule is COc1ccc(S(=O)(=O)N2CCc3ccccc32)cc1C(=O)N1CCCN(c2nccs2)CC1. The summed E-state index contributed by atoms with van der Waals surface area (Å²) in [5.41, 5.74) is 1.96. The van der Waals surface area contributed by atoms with Crippen molar-refractivity contribution in [2.75, 3.05) is 49.0 Å². The van der Waals surface area contributed by atoms with Crippen LogP contribution in [-0.4, -0.2) is 64.0 Å². The second-order valence-electron chi connectivity index (χ2n) is 8.27. The number of methoxy groups -OCH3 is 1. The number of para-hydroxylation sites is 1. The molecule has 0 radical (unpaired) electrons. The van der Waals surface area contributed by atoms with Crippen LogP contribution in [0, 0.1) is 0 Å². The number of aromatic nitrogens is 1. The molecule has 0 saturated carbocycles. The Balaban J connectivity index is 1.42. The van der Waals surface area contributed by atoms with Crippen molar-refractivity contribution < 1.29 is 17.9 Å². The summed E-state index contributed by atoms with van der Waals surface area (Å²) in [6, 6.07) is 12.1. The predicted molar refractivity (Wildman–Crippen MR) is 133 cm³/mol. The summed E-state index contributed by atoms with van der Waals surface area (Å²) in [6.45, 7) is 2.98. The molecule has 8 nitrogen and oxygen atoms in total. The van der Waals surface area contributed by atoms with Crippen LogP contribution in [0.3, 0.4) is 0 Å². The predicted octanol–water partition coefficient (Wildman–Crippen LogP) is 3.26. The van der Waals surface area contributed by atoms with Gasteiger partial charge in [-0.25, -0.2) is 13.4 Å². The number of thiazole rings is 1. The topological polar surface area (TPSA) is 83.0 Å². The Morgan fingerprint density at radius 3 is 2.71 bits per heavy atom. The van der Waals surface area contributed by atoms with E-state index in [2.05, 4.69) is 9.88 Å². The van der Waals surface area contributed by atoms with Crippen LogP contribution in [0.5, 0.6) is 5.75 Å². The maximum atomic E-state index is 13.5. The van der Waals surface area contributed by atoms with E-state index in [9.17, 15) is 13.2 Å². The van der Waals surface area contributed by atoms with Crippen molar-refractivity contribution in [1.82, 2.24) is 9.88 Å². The Kier molecular flexibility index (Phi) is 6.18. The number of fused-ring (bicyclic) bond motifs is 1. The molecule has 1 saturated heterocycles. The van der Waals surface area contributed by atoms with Crippen LogP contribution >= 0.6 is 11.3 Å². The van der Waals surface area contributed by atoms with Gasteiger partial charge in [0.15, 0.2) is 5.13 Å². The molecule has 2 aliphatic heterocycles. The van der Waals surface area contributed by atoms with Crippen molar-refractivity contribution in [3.8, 4) is 5.75 Å². The normalized spacial score (nSPS) is 16.3. The number of hydrogen-bond acceptors (Lipinski definition) is 7. The van der Waals surface area contributed by atoms with Crippen molar-refractivity contribution in [3.63, 3.8) is 0 Å². The molecule has 0 spiro atoms. The van der Waals surface area contributed by atoms with Gasteiger partial charge in [-0.3, -0.25) is 9.10 Å². The Morgan fingerprint density at radius 2 is 1.91 bits per heavy atom. The van der Waals surface area contributed by atoms with Crippen molar-refractivity contribution in [1.29, 1.82) is 0 Å². The van der Waals surface area contributed by atoms with E-state index in [-0.39, 0.29) is 16.4 Å². The fourth-order valence-corrected chi connectivity index (χ4v) is 6.78. The van der Waals surface area contributed by atoms with Crippen molar-refractivity contribution >= 4 is 38.1 Å². The highest BCUT2D eigenvalue weighted by atomic mass is 32.2. The number of carbonyl (C=O) groups excluding carboxylic acids is 1. The Morgan fingerprint density at radius 1 is 1.06 bits per heavy atom. The molecule has 1 fully saturated rings. The fraction of sp³-hybridized carbons (Fsp3) is 0.333. The first-order valence-corrected chi connectivity index (χ1v) is 13.5. The summed E-state index contributed by atoms with van der Waals surface area (Å²) in [6.07, 6.45) is 3.25. The molecule has 5 rings (SSSR count). The van der Waals surface area contributed by atoms with Gasteiger partial charge in [0.25, 0.3) is 15.9 Å². The summed E-state index contributed by atoms with van der Waals surface area (Å²) < 4.78 is 33.9. The van der Waals surface area contributed by atoms with Gasteiger partial charge in [-0.15, -0.1) is 11.3 Å². The molecular weight excluding hydrogens is 472 g/mol. The summed E-state index contributed by atoms with van der Waals surface area (Å²) in [7, 11) is -2.33. The van der Waals surface area contributed by atoms with Crippen molar-refractivity contribution in [2.24, 2.45) is 0 Å². The first-order valence-electron chi connectivity index (χ1n) is 11.2. The molecule has 3 aromatic rings. The van der Waals surface area contributed by atoms with Crippen LogP contribution in [0.1, 0.15) is 22.3 Å². The lowest BCUT2D eigenvalue weighted by Gasteiger charge is -2.24. The number of hydrogen-bond donors (Lipinski definition) is 0. The highest BCUT2D eigenvalue weighted by Gasteiger charge is 2.32. The van der Waals surface area contributed by atoms with Gasteiger partial charge in [-0.2, -0.15) is 0 Å². The second-order valence-corrected chi connectivity index (χ2v) is 11.0. The zero-order valence-electron chi connectivity index (χ0n) is 18.9. The lowest BCUT2D eigenvalue weighted by atomic mass is 10.1. The summed E-state index contributed by atoms with van der Waals surface area (Å²) >= 11 is 1.58. The zero-order chi connectivity index (χ0) is 23.7. The minimum Gasteiger partial charge on any atom is -0.496 e. The van der Waals surface area contributed by atoms with E-state index in [0.29, 0.717) is 44.0 Å². The van der Waals surface area contributed by atoms with Crippen molar-refractivity contribution in [2.45, 2.75) is 17.7 Å². The van der Waals surface area contributed by atoms with E-state index in [1.165, 1.54) is 23.5 Å². The molecule has 3 heterocycles. The number of anilines is 2. The van der Waals surface area contributed by atoms with Gasteiger partial charge in [-0.1, -0.05) is 18.2 Å². The number of ether oxygens (including phenoxy) is 1. The number of carbonyl (C=O) groups is 1. The van der Waals surface area contributed by atoms with Gasteiger partial charge in [-0.05, 0) is 42.7 Å². The highest BCUT2D eigenvalue weighted by molar-refractivity contribution is 7.92. The molecule has 34 heavy (non-hydrogen) atoms. The number of benzene rings is 2. The minimum atomic E-state index is -3.82. The average Bonchev–Trinajstić information content (AvgIpc) is 3.49. The molecule has 0 bridgehead atoms. The first kappa shape index (κ1) is 22.7. The van der Waals surface area contributed by atoms with E-state index in [1.54, 1.807) is 28.5 Å². The van der Waals surface area contributed by atoms with E-state index >= 15 is 0 Å². The lowest BCUT2D eigenvalue weighted by molar-refractivity contribution is 0.0763. The third kappa shape index (κ3) is 4.12. The van der Waals surface area contributed by atoms with Crippen LogP contribution in [0.25, 0.3) is 0 Å². The number of amides is 1. The van der Waals surface area contributed by atoms with Gasteiger partial charge in [0.1, 0.15) is 5.75 Å². The Bertz CT molecular complexity index is 1290. The Hall–Kier alpha value is -3.11. The molecule has 0 aliphatic carbocycles. The largest absolute Gasteiger partial charge is 0.496 e. The summed E-state index contributed by atoms with van der Waals surface area (Å²) in [5, 5.41) is 2.89. The van der Waals surface area contributed by atoms with Gasteiger partial charge >= 0.3 is 0 Å². The lowest BCUT2D eigenvalue weighted by Crippen LogP contribution is -2.35. The molecule has 2 aromatic carbocycles. The third-order valence-corrected chi connectivity index (χ3v) is 8.95. The van der Waals surface area contributed by atoms with E-state index in [4.69, 9.17) is 4.74 Å². The van der Waals surface area contributed by atoms with Crippen LogP contribution < -0.4 is 13.9 Å². The van der Waals surface area contributed by atoms with E-state index in [0.717, 1.165) is 23.7 Å². The summed E-state index contributed by atoms with van der Waals surface area (Å²) in [5.74, 6) is 0.142. The van der Waals surface area contributed by atoms with Gasteiger partial charge < -0.3 is 14.5 Å². The van der Waals surface area contributed by atoms with Gasteiger partial charge in [0, 0.05) is 44.3 Å². The van der Waals surface area contributed by atoms with Crippen LogP contribution in [0.2, 0.25) is 0 Å². The fourth-order valence-electron chi connectivity index (χ4n) is 4.55. The summed E-state index contributed by atoms with van der Waals surface area (Å²) in [4.78, 5) is 22.0. The van der Waals surface area contributed by atoms with Crippen molar-refractivity contribution in [3.05, 3.63) is 65.2 Å². The molecule has 0 N–H and O–H groups in total. The maximum Gasteiger partial charge on any atom is 0.264 e. The minimum absolute atomic E-state index is 0.0904. The molecule has 10 heteroatoms. The molecular formula is C24H26N4O4S2. The molecule has 1 aromatic heterocycles. The quantitative estimate of drug-likeness (QED) is 0.537. The molecule has 0 unspecified atom stereocenters. The maximum absolute atomic E-state index is 13.5. The van der Waals surface area contributed by atoms with Crippen LogP contribution in [-0.2, 0) is 16.4 Å².